The van der Waals surface area contributed by atoms with Crippen LogP contribution in [0.1, 0.15) is 53.4 Å². The topological polar surface area (TPSA) is 55.4 Å². The molecule has 0 bridgehead atoms. The van der Waals surface area contributed by atoms with E-state index in [1.807, 2.05) is 0 Å². The SMILES string of the molecule is CC(=O)ONC(=O)C1(C(C)C)CCCC(C)C1. The number of hydrogen-bond donors (Lipinski definition) is 1. The van der Waals surface area contributed by atoms with Crippen molar-refractivity contribution in [3.63, 3.8) is 0 Å². The number of amides is 1. The van der Waals surface area contributed by atoms with Gasteiger partial charge in [0.05, 0.1) is 5.41 Å². The van der Waals surface area contributed by atoms with Gasteiger partial charge in [-0.2, -0.15) is 5.48 Å². The predicted molar refractivity (Wildman–Crippen MR) is 64.8 cm³/mol. The lowest BCUT2D eigenvalue weighted by Crippen LogP contribution is -2.47. The summed E-state index contributed by atoms with van der Waals surface area (Å²) in [6.07, 6.45) is 3.99. The Morgan fingerprint density at radius 3 is 2.53 bits per heavy atom. The van der Waals surface area contributed by atoms with E-state index < -0.39 is 5.97 Å². The quantitative estimate of drug-likeness (QED) is 0.755. The Kier molecular flexibility index (Phi) is 4.54. The summed E-state index contributed by atoms with van der Waals surface area (Å²) in [5, 5.41) is 0. The molecule has 0 spiro atoms. The fraction of sp³-hybridized carbons (Fsp3) is 0.846. The van der Waals surface area contributed by atoms with Gasteiger partial charge in [-0.15, -0.1) is 0 Å². The number of hydroxylamine groups is 1. The van der Waals surface area contributed by atoms with Crippen LogP contribution in [0.25, 0.3) is 0 Å². The summed E-state index contributed by atoms with van der Waals surface area (Å²) in [7, 11) is 0. The molecule has 17 heavy (non-hydrogen) atoms. The van der Waals surface area contributed by atoms with Crippen LogP contribution in [0.5, 0.6) is 0 Å². The molecule has 2 unspecified atom stereocenters. The third-order valence-electron chi connectivity index (χ3n) is 3.88. The Hall–Kier alpha value is -1.06. The van der Waals surface area contributed by atoms with E-state index in [1.54, 1.807) is 0 Å². The van der Waals surface area contributed by atoms with Gasteiger partial charge in [0.2, 0.25) is 0 Å². The third-order valence-corrected chi connectivity index (χ3v) is 3.88. The normalized spacial score (nSPS) is 28.9. The maximum Gasteiger partial charge on any atom is 0.329 e. The number of rotatable bonds is 2. The second-order valence-corrected chi connectivity index (χ2v) is 5.54. The Bertz CT molecular complexity index is 301. The first-order valence-corrected chi connectivity index (χ1v) is 6.36. The second-order valence-electron chi connectivity index (χ2n) is 5.54. The summed E-state index contributed by atoms with van der Waals surface area (Å²) in [4.78, 5) is 27.6. The molecule has 1 N–H and O–H groups in total. The Morgan fingerprint density at radius 2 is 2.06 bits per heavy atom. The lowest BCUT2D eigenvalue weighted by molar-refractivity contribution is -0.163. The largest absolute Gasteiger partial charge is 0.341 e. The van der Waals surface area contributed by atoms with E-state index >= 15 is 0 Å². The van der Waals surface area contributed by atoms with Crippen molar-refractivity contribution in [2.45, 2.75) is 53.4 Å². The summed E-state index contributed by atoms with van der Waals surface area (Å²) in [5.41, 5.74) is 1.92. The minimum absolute atomic E-state index is 0.144. The van der Waals surface area contributed by atoms with Gasteiger partial charge in [-0.3, -0.25) is 9.59 Å². The predicted octanol–water partition coefficient (Wildman–Crippen LogP) is 2.43. The van der Waals surface area contributed by atoms with Crippen molar-refractivity contribution in [2.24, 2.45) is 17.3 Å². The van der Waals surface area contributed by atoms with Crippen molar-refractivity contribution in [1.29, 1.82) is 0 Å². The van der Waals surface area contributed by atoms with Gasteiger partial charge in [-0.25, -0.2) is 0 Å². The minimum Gasteiger partial charge on any atom is -0.341 e. The van der Waals surface area contributed by atoms with E-state index in [0.717, 1.165) is 19.3 Å². The van der Waals surface area contributed by atoms with E-state index in [1.165, 1.54) is 13.3 Å². The molecule has 1 fully saturated rings. The standard InChI is InChI=1S/C13H23NO3/c1-9(2)13(7-5-6-10(3)8-13)12(16)14-17-11(4)15/h9-10H,5-8H2,1-4H3,(H,14,16). The van der Waals surface area contributed by atoms with Crippen LogP contribution in [0, 0.1) is 17.3 Å². The van der Waals surface area contributed by atoms with Gasteiger partial charge in [0.1, 0.15) is 0 Å². The Morgan fingerprint density at radius 1 is 1.41 bits per heavy atom. The van der Waals surface area contributed by atoms with Crippen molar-refractivity contribution < 1.29 is 14.4 Å². The molecular weight excluding hydrogens is 218 g/mol. The van der Waals surface area contributed by atoms with Gasteiger partial charge in [-0.05, 0) is 24.7 Å². The van der Waals surface area contributed by atoms with Gasteiger partial charge >= 0.3 is 5.97 Å². The molecule has 1 aliphatic rings. The molecule has 0 aliphatic heterocycles. The third kappa shape index (κ3) is 3.20. The van der Waals surface area contributed by atoms with Crippen LogP contribution < -0.4 is 5.48 Å². The summed E-state index contributed by atoms with van der Waals surface area (Å²) >= 11 is 0. The highest BCUT2D eigenvalue weighted by Gasteiger charge is 2.44. The molecule has 2 atom stereocenters. The molecule has 0 aromatic carbocycles. The molecule has 1 rings (SSSR count). The zero-order chi connectivity index (χ0) is 13.1. The monoisotopic (exact) mass is 241 g/mol. The van der Waals surface area contributed by atoms with Crippen molar-refractivity contribution in [3.8, 4) is 0 Å². The van der Waals surface area contributed by atoms with Crippen molar-refractivity contribution >= 4 is 11.9 Å². The highest BCUT2D eigenvalue weighted by atomic mass is 16.7. The minimum atomic E-state index is -0.485. The van der Waals surface area contributed by atoms with Gasteiger partial charge in [0, 0.05) is 6.92 Å². The Balaban J connectivity index is 2.76. The fourth-order valence-corrected chi connectivity index (χ4v) is 2.80. The highest BCUT2D eigenvalue weighted by Crippen LogP contribution is 2.44. The molecule has 4 nitrogen and oxygen atoms in total. The van der Waals surface area contributed by atoms with E-state index in [-0.39, 0.29) is 17.2 Å². The molecule has 1 amide bonds. The molecule has 0 heterocycles. The van der Waals surface area contributed by atoms with E-state index in [9.17, 15) is 9.59 Å². The summed E-state index contributed by atoms with van der Waals surface area (Å²) in [6, 6.07) is 0. The summed E-state index contributed by atoms with van der Waals surface area (Å²) in [6.45, 7) is 7.58. The van der Waals surface area contributed by atoms with Crippen LogP contribution in [-0.2, 0) is 14.4 Å². The van der Waals surface area contributed by atoms with Crippen LogP contribution in [0.15, 0.2) is 0 Å². The van der Waals surface area contributed by atoms with Crippen LogP contribution in [0.4, 0.5) is 0 Å². The van der Waals surface area contributed by atoms with Crippen LogP contribution in [-0.4, -0.2) is 11.9 Å². The zero-order valence-corrected chi connectivity index (χ0v) is 11.2. The smallest absolute Gasteiger partial charge is 0.329 e. The lowest BCUT2D eigenvalue weighted by atomic mass is 9.63. The molecule has 0 aromatic heterocycles. The zero-order valence-electron chi connectivity index (χ0n) is 11.2. The first kappa shape index (κ1) is 14.0. The molecule has 0 radical (unpaired) electrons. The van der Waals surface area contributed by atoms with Gasteiger partial charge in [-0.1, -0.05) is 33.6 Å². The number of carbonyl (C=O) groups excluding carboxylic acids is 2. The van der Waals surface area contributed by atoms with Crippen LogP contribution in [0.3, 0.4) is 0 Å². The van der Waals surface area contributed by atoms with Gasteiger partial charge < -0.3 is 4.84 Å². The molecule has 1 saturated carbocycles. The molecule has 0 aromatic rings. The maximum atomic E-state index is 12.2. The second kappa shape index (κ2) is 5.52. The van der Waals surface area contributed by atoms with Crippen molar-refractivity contribution in [2.75, 3.05) is 0 Å². The average Bonchev–Trinajstić information content (AvgIpc) is 2.25. The molecule has 1 aliphatic carbocycles. The Labute approximate surface area is 103 Å². The summed E-state index contributed by atoms with van der Waals surface area (Å²) < 4.78 is 0. The first-order chi connectivity index (χ1) is 7.88. The molecule has 98 valence electrons. The van der Waals surface area contributed by atoms with E-state index in [2.05, 4.69) is 31.1 Å². The average molecular weight is 241 g/mol. The first-order valence-electron chi connectivity index (χ1n) is 6.36. The van der Waals surface area contributed by atoms with E-state index in [4.69, 9.17) is 0 Å². The summed E-state index contributed by atoms with van der Waals surface area (Å²) in [5.74, 6) is 0.172. The number of carbonyl (C=O) groups is 2. The van der Waals surface area contributed by atoms with Crippen LogP contribution in [0.2, 0.25) is 0 Å². The number of nitrogens with one attached hydrogen (secondary N) is 1. The van der Waals surface area contributed by atoms with Crippen molar-refractivity contribution in [1.82, 2.24) is 5.48 Å². The fourth-order valence-electron chi connectivity index (χ4n) is 2.80. The molecular formula is C13H23NO3. The van der Waals surface area contributed by atoms with Gasteiger partial charge in [0.15, 0.2) is 0 Å². The lowest BCUT2D eigenvalue weighted by Gasteiger charge is -2.41. The van der Waals surface area contributed by atoms with E-state index in [0.29, 0.717) is 5.92 Å². The van der Waals surface area contributed by atoms with Gasteiger partial charge in [0.25, 0.3) is 5.91 Å². The molecule has 4 heteroatoms. The van der Waals surface area contributed by atoms with Crippen LogP contribution >= 0.6 is 0 Å². The number of hydrogen-bond acceptors (Lipinski definition) is 3. The molecule has 0 saturated heterocycles. The maximum absolute atomic E-state index is 12.2. The van der Waals surface area contributed by atoms with Crippen molar-refractivity contribution in [3.05, 3.63) is 0 Å². The highest BCUT2D eigenvalue weighted by molar-refractivity contribution is 5.83.